The summed E-state index contributed by atoms with van der Waals surface area (Å²) < 4.78 is 5.10. The molecule has 0 aliphatic carbocycles. The molecule has 2 rings (SSSR count). The second kappa shape index (κ2) is 9.11. The number of hydrogen-bond acceptors (Lipinski definition) is 4. The molecule has 1 aliphatic rings. The van der Waals surface area contributed by atoms with Crippen molar-refractivity contribution < 1.29 is 14.9 Å². The largest absolute Gasteiger partial charge is 0.505 e. The van der Waals surface area contributed by atoms with Crippen LogP contribution < -0.4 is 5.32 Å². The molecule has 1 aromatic heterocycles. The van der Waals surface area contributed by atoms with Gasteiger partial charge >= 0.3 is 0 Å². The van der Waals surface area contributed by atoms with E-state index in [-0.39, 0.29) is 11.8 Å². The first-order valence-electron chi connectivity index (χ1n) is 8.27. The first-order chi connectivity index (χ1) is 12.0. The van der Waals surface area contributed by atoms with Crippen LogP contribution in [0.3, 0.4) is 0 Å². The van der Waals surface area contributed by atoms with Crippen molar-refractivity contribution in [2.24, 2.45) is 0 Å². The van der Waals surface area contributed by atoms with Crippen molar-refractivity contribution in [1.82, 2.24) is 10.3 Å². The number of hydrogen-bond donors (Lipinski definition) is 4. The molecule has 0 fully saturated rings. The molecule has 0 amide bonds. The molecular formula is C20H26N2O3. The number of aromatic amines is 1. The number of methoxy groups -OCH3 is 1. The van der Waals surface area contributed by atoms with Crippen molar-refractivity contribution in [3.8, 4) is 0 Å². The van der Waals surface area contributed by atoms with E-state index in [4.69, 9.17) is 4.74 Å². The van der Waals surface area contributed by atoms with Gasteiger partial charge in [-0.05, 0) is 55.2 Å². The molecule has 1 aliphatic heterocycles. The molecule has 134 valence electrons. The Hall–Kier alpha value is -2.50. The van der Waals surface area contributed by atoms with E-state index >= 15 is 0 Å². The third-order valence-electron chi connectivity index (χ3n) is 3.91. The summed E-state index contributed by atoms with van der Waals surface area (Å²) in [5.74, 6) is 0.273. The summed E-state index contributed by atoms with van der Waals surface area (Å²) in [7, 11) is 1.50. The summed E-state index contributed by atoms with van der Waals surface area (Å²) in [5, 5.41) is 23.1. The Morgan fingerprint density at radius 2 is 2.28 bits per heavy atom. The summed E-state index contributed by atoms with van der Waals surface area (Å²) in [5.41, 5.74) is 2.90. The van der Waals surface area contributed by atoms with Crippen LogP contribution in [-0.2, 0) is 4.74 Å². The van der Waals surface area contributed by atoms with Gasteiger partial charge in [0.25, 0.3) is 0 Å². The van der Waals surface area contributed by atoms with Gasteiger partial charge in [0.1, 0.15) is 12.0 Å². The summed E-state index contributed by atoms with van der Waals surface area (Å²) in [6.45, 7) is 5.46. The average Bonchev–Trinajstić information content (AvgIpc) is 3.07. The molecule has 0 spiro atoms. The highest BCUT2D eigenvalue weighted by atomic mass is 16.5. The van der Waals surface area contributed by atoms with Crippen LogP contribution in [0.15, 0.2) is 71.9 Å². The highest BCUT2D eigenvalue weighted by molar-refractivity contribution is 5.51. The minimum atomic E-state index is -0.721. The fourth-order valence-electron chi connectivity index (χ4n) is 2.68. The molecule has 1 aromatic rings. The quantitative estimate of drug-likeness (QED) is 0.487. The standard InChI is InChI=1S/C20H26N2O3/c1-14-12-16(9-10-19(25-3)15(2)23)6-4-7-17(20(24)22-14)13-18-8-5-11-21-18/h4-6,8,10-14,20-24H,2,7,9H2,1,3H3/b6-4-,16-12+,17-13-,19-10+. The predicted octanol–water partition coefficient (Wildman–Crippen LogP) is 3.57. The van der Waals surface area contributed by atoms with Crippen LogP contribution in [0, 0.1) is 0 Å². The van der Waals surface area contributed by atoms with Crippen LogP contribution in [-0.4, -0.2) is 34.6 Å². The second-order valence-electron chi connectivity index (χ2n) is 5.97. The normalized spacial score (nSPS) is 26.9. The van der Waals surface area contributed by atoms with E-state index in [1.807, 2.05) is 49.6 Å². The maximum absolute atomic E-state index is 10.5. The zero-order valence-corrected chi connectivity index (χ0v) is 14.7. The van der Waals surface area contributed by atoms with Crippen molar-refractivity contribution in [1.29, 1.82) is 0 Å². The third-order valence-corrected chi connectivity index (χ3v) is 3.91. The first-order valence-corrected chi connectivity index (χ1v) is 8.27. The SMILES string of the molecule is C=C(O)/C(=C\CC1=C/C(C)NC(O)/C(=C\c2ccc[nH]2)C/C=C\1)OC. The molecule has 5 nitrogen and oxygen atoms in total. The van der Waals surface area contributed by atoms with Gasteiger partial charge in [-0.3, -0.25) is 5.32 Å². The van der Waals surface area contributed by atoms with Gasteiger partial charge < -0.3 is 19.9 Å². The smallest absolute Gasteiger partial charge is 0.156 e. The number of aromatic nitrogens is 1. The molecule has 25 heavy (non-hydrogen) atoms. The molecule has 4 N–H and O–H groups in total. The topological polar surface area (TPSA) is 77.5 Å². The van der Waals surface area contributed by atoms with E-state index in [1.165, 1.54) is 7.11 Å². The summed E-state index contributed by atoms with van der Waals surface area (Å²) >= 11 is 0. The van der Waals surface area contributed by atoms with Crippen LogP contribution in [0.1, 0.15) is 25.5 Å². The highest BCUT2D eigenvalue weighted by Crippen LogP contribution is 2.18. The zero-order chi connectivity index (χ0) is 18.2. The number of H-pyrrole nitrogens is 1. The molecule has 0 radical (unpaired) electrons. The number of aliphatic hydroxyl groups is 2. The van der Waals surface area contributed by atoms with Gasteiger partial charge in [-0.15, -0.1) is 0 Å². The van der Waals surface area contributed by atoms with Crippen molar-refractivity contribution in [2.75, 3.05) is 7.11 Å². The summed E-state index contributed by atoms with van der Waals surface area (Å²) in [6, 6.07) is 3.87. The molecule has 0 saturated carbocycles. The van der Waals surface area contributed by atoms with Gasteiger partial charge in [0, 0.05) is 17.9 Å². The van der Waals surface area contributed by atoms with E-state index in [2.05, 4.69) is 16.9 Å². The van der Waals surface area contributed by atoms with Gasteiger partial charge in [-0.1, -0.05) is 24.8 Å². The van der Waals surface area contributed by atoms with E-state index in [1.54, 1.807) is 6.08 Å². The Labute approximate surface area is 148 Å². The van der Waals surface area contributed by atoms with Crippen LogP contribution in [0.4, 0.5) is 0 Å². The number of rotatable bonds is 5. The minimum absolute atomic E-state index is 0.0171. The van der Waals surface area contributed by atoms with Crippen LogP contribution in [0.5, 0.6) is 0 Å². The van der Waals surface area contributed by atoms with Gasteiger partial charge in [-0.2, -0.15) is 0 Å². The Morgan fingerprint density at radius 3 is 2.92 bits per heavy atom. The molecule has 0 bridgehead atoms. The van der Waals surface area contributed by atoms with Crippen molar-refractivity contribution >= 4 is 6.08 Å². The maximum Gasteiger partial charge on any atom is 0.156 e. The van der Waals surface area contributed by atoms with Crippen LogP contribution in [0.25, 0.3) is 6.08 Å². The number of allylic oxidation sites excluding steroid dienone is 4. The van der Waals surface area contributed by atoms with E-state index in [0.29, 0.717) is 18.6 Å². The molecule has 0 aromatic carbocycles. The van der Waals surface area contributed by atoms with Gasteiger partial charge in [0.05, 0.1) is 7.11 Å². The van der Waals surface area contributed by atoms with Crippen molar-refractivity contribution in [3.63, 3.8) is 0 Å². The van der Waals surface area contributed by atoms with Crippen LogP contribution >= 0.6 is 0 Å². The lowest BCUT2D eigenvalue weighted by molar-refractivity contribution is 0.165. The van der Waals surface area contributed by atoms with Crippen molar-refractivity contribution in [2.45, 2.75) is 32.0 Å². The summed E-state index contributed by atoms with van der Waals surface area (Å²) in [4.78, 5) is 3.12. The first kappa shape index (κ1) is 18.8. The average molecular weight is 342 g/mol. The minimum Gasteiger partial charge on any atom is -0.505 e. The fourth-order valence-corrected chi connectivity index (χ4v) is 2.68. The van der Waals surface area contributed by atoms with E-state index < -0.39 is 6.23 Å². The monoisotopic (exact) mass is 342 g/mol. The third kappa shape index (κ3) is 5.81. The number of aliphatic hydroxyl groups excluding tert-OH is 2. The lowest BCUT2D eigenvalue weighted by Gasteiger charge is -2.18. The number of nitrogens with one attached hydrogen (secondary N) is 2. The molecule has 2 heterocycles. The lowest BCUT2D eigenvalue weighted by Crippen LogP contribution is -2.36. The molecule has 0 saturated heterocycles. The highest BCUT2D eigenvalue weighted by Gasteiger charge is 2.14. The Morgan fingerprint density at radius 1 is 1.48 bits per heavy atom. The number of ether oxygens (including phenoxy) is 1. The Kier molecular flexibility index (Phi) is 6.86. The van der Waals surface area contributed by atoms with Gasteiger partial charge in [0.2, 0.25) is 0 Å². The maximum atomic E-state index is 10.5. The molecule has 2 unspecified atom stereocenters. The predicted molar refractivity (Wildman–Crippen MR) is 101 cm³/mol. The fraction of sp³-hybridized carbons (Fsp3) is 0.300. The van der Waals surface area contributed by atoms with E-state index in [0.717, 1.165) is 16.8 Å². The molecule has 5 heteroatoms. The van der Waals surface area contributed by atoms with Crippen LogP contribution in [0.2, 0.25) is 0 Å². The van der Waals surface area contributed by atoms with Crippen molar-refractivity contribution in [3.05, 3.63) is 77.6 Å². The Bertz CT molecular complexity index is 697. The zero-order valence-electron chi connectivity index (χ0n) is 14.7. The van der Waals surface area contributed by atoms with Gasteiger partial charge in [0.15, 0.2) is 5.76 Å². The Balaban J connectivity index is 2.17. The lowest BCUT2D eigenvalue weighted by atomic mass is 10.1. The summed E-state index contributed by atoms with van der Waals surface area (Å²) in [6.07, 6.45) is 12.2. The van der Waals surface area contributed by atoms with Gasteiger partial charge in [-0.25, -0.2) is 0 Å². The molecule has 2 atom stereocenters. The van der Waals surface area contributed by atoms with E-state index in [9.17, 15) is 10.2 Å². The molecular weight excluding hydrogens is 316 g/mol. The second-order valence-corrected chi connectivity index (χ2v) is 5.97.